The molecular weight excluding hydrogens is 632 g/mol. The van der Waals surface area contributed by atoms with E-state index in [2.05, 4.69) is 37.8 Å². The molecule has 0 saturated carbocycles. The number of hydrogen-bond donors (Lipinski definition) is 1. The minimum Gasteiger partial charge on any atom is -0.465 e. The molecule has 1 unspecified atom stereocenters. The van der Waals surface area contributed by atoms with Gasteiger partial charge in [-0.05, 0) is 44.9 Å². The number of hydrogen-bond acceptors (Lipinski definition) is 8. The highest BCUT2D eigenvalue weighted by Gasteiger charge is 2.18. The average molecular weight is 713 g/mol. The molecule has 50 heavy (non-hydrogen) atoms. The molecule has 0 aromatic rings. The maximum absolute atomic E-state index is 12.6. The van der Waals surface area contributed by atoms with Gasteiger partial charge in [-0.3, -0.25) is 14.8 Å². The minimum absolute atomic E-state index is 0.00196. The Bertz CT molecular complexity index is 725. The van der Waals surface area contributed by atoms with E-state index in [1.807, 2.05) is 0 Å². The Hall–Kier alpha value is -1.48. The van der Waals surface area contributed by atoms with Crippen molar-refractivity contribution in [1.82, 2.24) is 0 Å². The van der Waals surface area contributed by atoms with Gasteiger partial charge in [0.1, 0.15) is 0 Å². The lowest BCUT2D eigenvalue weighted by Gasteiger charge is -2.19. The Labute approximate surface area is 308 Å². The second-order valence-corrected chi connectivity index (χ2v) is 14.1. The molecule has 0 fully saturated rings. The van der Waals surface area contributed by atoms with Gasteiger partial charge in [-0.15, -0.1) is 0 Å². The van der Waals surface area contributed by atoms with Crippen LogP contribution in [0.2, 0.25) is 0 Å². The average Bonchev–Trinajstić information content (AvgIpc) is 3.12. The fraction of sp³-hybridized carbons (Fsp3) is 0.905. The molecule has 1 N–H and O–H groups in total. The van der Waals surface area contributed by atoms with Crippen molar-refractivity contribution in [1.29, 1.82) is 0 Å². The smallest absolute Gasteiger partial charge is 0.305 e. The molecule has 0 spiro atoms. The Morgan fingerprint density at radius 1 is 0.500 bits per heavy atom. The lowest BCUT2D eigenvalue weighted by atomic mass is 10.1. The number of esters is 2. The lowest BCUT2D eigenvalue weighted by molar-refractivity contribution is -0.255. The van der Waals surface area contributed by atoms with Gasteiger partial charge < -0.3 is 18.9 Å². The fourth-order valence-corrected chi connectivity index (χ4v) is 5.80. The molecule has 0 aromatic carbocycles. The summed E-state index contributed by atoms with van der Waals surface area (Å²) in [7, 11) is 0. The van der Waals surface area contributed by atoms with Gasteiger partial charge in [0, 0.05) is 26.1 Å². The van der Waals surface area contributed by atoms with Crippen molar-refractivity contribution in [2.24, 2.45) is 5.92 Å². The van der Waals surface area contributed by atoms with Crippen molar-refractivity contribution < 1.29 is 38.7 Å². The van der Waals surface area contributed by atoms with E-state index >= 15 is 0 Å². The number of carbonyl (C=O) groups is 2. The van der Waals surface area contributed by atoms with Crippen molar-refractivity contribution in [2.45, 2.75) is 207 Å². The molecule has 0 aliphatic carbocycles. The number of ether oxygens (including phenoxy) is 4. The molecular formula is C42H80O8. The highest BCUT2D eigenvalue weighted by molar-refractivity contribution is 5.69. The molecule has 0 aliphatic rings. The molecule has 0 radical (unpaired) electrons. The van der Waals surface area contributed by atoms with Crippen molar-refractivity contribution in [3.05, 3.63) is 12.2 Å². The van der Waals surface area contributed by atoms with Gasteiger partial charge in [-0.25, -0.2) is 4.89 Å². The van der Waals surface area contributed by atoms with Crippen LogP contribution in [0, 0.1) is 5.92 Å². The van der Waals surface area contributed by atoms with Crippen LogP contribution in [-0.2, 0) is 33.4 Å². The molecule has 0 aliphatic heterocycles. The molecule has 296 valence electrons. The third kappa shape index (κ3) is 36.3. The van der Waals surface area contributed by atoms with Gasteiger partial charge in [0.25, 0.3) is 0 Å². The SMILES string of the molecule is CCCCCCCC/C=C\CCCCCCCC(=O)OCC(COO)COC(=O)CCC(OCCCCCCCC)OCCCCCCCC. The van der Waals surface area contributed by atoms with Gasteiger partial charge in [0.2, 0.25) is 0 Å². The Balaban J connectivity index is 4.18. The van der Waals surface area contributed by atoms with Crippen molar-refractivity contribution in [3.63, 3.8) is 0 Å². The molecule has 1 atom stereocenters. The number of unbranched alkanes of at least 4 members (excludes halogenated alkanes) is 21. The van der Waals surface area contributed by atoms with E-state index in [-0.39, 0.29) is 38.2 Å². The summed E-state index contributed by atoms with van der Waals surface area (Å²) in [5.74, 6) is -1.08. The summed E-state index contributed by atoms with van der Waals surface area (Å²) in [6.45, 7) is 7.89. The summed E-state index contributed by atoms with van der Waals surface area (Å²) in [4.78, 5) is 29.1. The predicted molar refractivity (Wildman–Crippen MR) is 205 cm³/mol. The van der Waals surface area contributed by atoms with Crippen LogP contribution >= 0.6 is 0 Å². The molecule has 0 aromatic heterocycles. The van der Waals surface area contributed by atoms with Crippen LogP contribution in [-0.4, -0.2) is 56.5 Å². The highest BCUT2D eigenvalue weighted by Crippen LogP contribution is 2.14. The quantitative estimate of drug-likeness (QED) is 0.0167. The second kappa shape index (κ2) is 40.3. The van der Waals surface area contributed by atoms with E-state index in [1.165, 1.54) is 109 Å². The van der Waals surface area contributed by atoms with E-state index in [4.69, 9.17) is 24.2 Å². The van der Waals surface area contributed by atoms with E-state index in [1.54, 1.807) is 0 Å². The van der Waals surface area contributed by atoms with Crippen LogP contribution in [0.4, 0.5) is 0 Å². The maximum Gasteiger partial charge on any atom is 0.305 e. The monoisotopic (exact) mass is 713 g/mol. The zero-order chi connectivity index (χ0) is 36.6. The van der Waals surface area contributed by atoms with Crippen LogP contribution in [0.1, 0.15) is 201 Å². The summed E-state index contributed by atoms with van der Waals surface area (Å²) in [5.41, 5.74) is 0. The minimum atomic E-state index is -0.439. The van der Waals surface area contributed by atoms with E-state index in [0.717, 1.165) is 51.4 Å². The van der Waals surface area contributed by atoms with E-state index in [0.29, 0.717) is 26.1 Å². The highest BCUT2D eigenvalue weighted by atomic mass is 17.1. The molecule has 0 saturated heterocycles. The largest absolute Gasteiger partial charge is 0.465 e. The Kier molecular flexibility index (Phi) is 39.1. The summed E-state index contributed by atoms with van der Waals surface area (Å²) >= 11 is 0. The fourth-order valence-electron chi connectivity index (χ4n) is 5.80. The summed E-state index contributed by atoms with van der Waals surface area (Å²) in [6, 6.07) is 0. The Morgan fingerprint density at radius 2 is 0.900 bits per heavy atom. The topological polar surface area (TPSA) is 101 Å². The predicted octanol–water partition coefficient (Wildman–Crippen LogP) is 12.1. The first kappa shape index (κ1) is 48.5. The van der Waals surface area contributed by atoms with Gasteiger partial charge in [-0.2, -0.15) is 0 Å². The third-order valence-electron chi connectivity index (χ3n) is 9.10. The molecule has 0 amide bonds. The third-order valence-corrected chi connectivity index (χ3v) is 9.10. The number of allylic oxidation sites excluding steroid dienone is 2. The molecule has 8 heteroatoms. The lowest BCUT2D eigenvalue weighted by Crippen LogP contribution is -2.25. The summed E-state index contributed by atoms with van der Waals surface area (Å²) < 4.78 is 22.9. The zero-order valence-electron chi connectivity index (χ0n) is 32.9. The molecule has 8 nitrogen and oxygen atoms in total. The van der Waals surface area contributed by atoms with Gasteiger partial charge in [0.05, 0.1) is 32.2 Å². The van der Waals surface area contributed by atoms with Gasteiger partial charge in [-0.1, -0.05) is 148 Å². The van der Waals surface area contributed by atoms with Crippen LogP contribution in [0.5, 0.6) is 0 Å². The Morgan fingerprint density at radius 3 is 1.36 bits per heavy atom. The van der Waals surface area contributed by atoms with Gasteiger partial charge in [0.15, 0.2) is 6.29 Å². The van der Waals surface area contributed by atoms with Crippen LogP contribution in [0.25, 0.3) is 0 Å². The van der Waals surface area contributed by atoms with Gasteiger partial charge >= 0.3 is 11.9 Å². The van der Waals surface area contributed by atoms with Crippen molar-refractivity contribution >= 4 is 11.9 Å². The zero-order valence-corrected chi connectivity index (χ0v) is 32.9. The first-order chi connectivity index (χ1) is 24.6. The first-order valence-electron chi connectivity index (χ1n) is 21.0. The molecule has 0 heterocycles. The summed E-state index contributed by atoms with van der Waals surface area (Å²) in [5, 5.41) is 9.00. The van der Waals surface area contributed by atoms with E-state index in [9.17, 15) is 9.59 Å². The molecule has 0 rings (SSSR count). The van der Waals surface area contributed by atoms with Crippen LogP contribution < -0.4 is 0 Å². The van der Waals surface area contributed by atoms with Crippen LogP contribution in [0.3, 0.4) is 0 Å². The normalized spacial score (nSPS) is 12.3. The first-order valence-corrected chi connectivity index (χ1v) is 21.0. The summed E-state index contributed by atoms with van der Waals surface area (Å²) in [6.07, 6.45) is 35.1. The van der Waals surface area contributed by atoms with E-state index < -0.39 is 12.2 Å². The van der Waals surface area contributed by atoms with Crippen LogP contribution in [0.15, 0.2) is 12.2 Å². The van der Waals surface area contributed by atoms with Crippen molar-refractivity contribution in [3.8, 4) is 0 Å². The number of carbonyl (C=O) groups excluding carboxylic acids is 2. The number of rotatable bonds is 40. The second-order valence-electron chi connectivity index (χ2n) is 14.1. The van der Waals surface area contributed by atoms with Crippen molar-refractivity contribution in [2.75, 3.05) is 33.0 Å². The maximum atomic E-state index is 12.6. The molecule has 0 bridgehead atoms. The standard InChI is InChI=1S/C42H80O8/c1-4-7-10-13-16-17-18-19-20-21-22-23-24-25-28-31-40(43)48-36-39(38-50-45)37-49-41(44)32-33-42(46-34-29-26-14-11-8-5-2)47-35-30-27-15-12-9-6-3/h19-20,39,42,45H,4-18,21-38H2,1-3H3/b20-19-.